The molecule has 1 aliphatic carbocycles. The van der Waals surface area contributed by atoms with Gasteiger partial charge in [0.1, 0.15) is 5.78 Å². The first-order valence-electron chi connectivity index (χ1n) is 4.79. The molecule has 1 nitrogen and oxygen atoms in total. The zero-order valence-corrected chi connectivity index (χ0v) is 8.36. The molecule has 0 heterocycles. The van der Waals surface area contributed by atoms with Crippen molar-refractivity contribution < 1.29 is 18.0 Å². The minimum Gasteiger partial charge on any atom is -0.299 e. The number of hydrogen-bond acceptors (Lipinski definition) is 1. The molecule has 0 aromatic heterocycles. The van der Waals surface area contributed by atoms with Crippen molar-refractivity contribution in [2.75, 3.05) is 0 Å². The molecule has 1 aliphatic rings. The highest BCUT2D eigenvalue weighted by Crippen LogP contribution is 2.34. The Hall–Kier alpha value is -1.06. The second-order valence-electron chi connectivity index (χ2n) is 3.84. The van der Waals surface area contributed by atoms with E-state index < -0.39 is 11.7 Å². The highest BCUT2D eigenvalue weighted by Gasteiger charge is 2.35. The fourth-order valence-corrected chi connectivity index (χ4v) is 1.72. The van der Waals surface area contributed by atoms with E-state index in [1.807, 2.05) is 0 Å². The zero-order valence-electron chi connectivity index (χ0n) is 8.36. The van der Waals surface area contributed by atoms with Crippen LogP contribution in [0.15, 0.2) is 24.3 Å². The van der Waals surface area contributed by atoms with Crippen molar-refractivity contribution in [1.29, 1.82) is 0 Å². The molecule has 1 atom stereocenters. The molecule has 84 valence electrons. The summed E-state index contributed by atoms with van der Waals surface area (Å²) in [5.41, 5.74) is -0.982. The van der Waals surface area contributed by atoms with Gasteiger partial charge in [-0.25, -0.2) is 0 Å². The van der Waals surface area contributed by atoms with E-state index in [2.05, 4.69) is 13.2 Å². The lowest BCUT2D eigenvalue weighted by Crippen LogP contribution is -2.15. The molecule has 0 bridgehead atoms. The summed E-state index contributed by atoms with van der Waals surface area (Å²) in [6, 6.07) is 0. The van der Waals surface area contributed by atoms with Crippen molar-refractivity contribution >= 4 is 5.78 Å². The van der Waals surface area contributed by atoms with Crippen LogP contribution in [0.2, 0.25) is 0 Å². The van der Waals surface area contributed by atoms with Crippen molar-refractivity contribution in [2.45, 2.75) is 31.9 Å². The van der Waals surface area contributed by atoms with Crippen molar-refractivity contribution in [3.8, 4) is 0 Å². The highest BCUT2D eigenvalue weighted by molar-refractivity contribution is 5.83. The van der Waals surface area contributed by atoms with Crippen LogP contribution in [0.25, 0.3) is 0 Å². The van der Waals surface area contributed by atoms with Crippen molar-refractivity contribution in [3.05, 3.63) is 24.3 Å². The minimum atomic E-state index is -4.43. The summed E-state index contributed by atoms with van der Waals surface area (Å²) in [5.74, 6) is -0.234. The summed E-state index contributed by atoms with van der Waals surface area (Å²) in [4.78, 5) is 11.2. The topological polar surface area (TPSA) is 17.1 Å². The molecule has 0 spiro atoms. The summed E-state index contributed by atoms with van der Waals surface area (Å²) in [6.45, 7) is 6.30. The Labute approximate surface area is 86.7 Å². The Kier molecular flexibility index (Phi) is 3.37. The van der Waals surface area contributed by atoms with Gasteiger partial charge in [-0.3, -0.25) is 4.79 Å². The molecule has 1 saturated carbocycles. The number of ketones is 1. The standard InChI is InChI=1S/C11H13F3O/c1-7(8(2)11(12,13)14)6-9-4-3-5-10(9)15/h9H,1-6H2. The zero-order chi connectivity index (χ0) is 11.6. The molecule has 0 amide bonds. The van der Waals surface area contributed by atoms with Gasteiger partial charge in [-0.2, -0.15) is 13.2 Å². The van der Waals surface area contributed by atoms with Gasteiger partial charge >= 0.3 is 6.18 Å². The van der Waals surface area contributed by atoms with E-state index in [4.69, 9.17) is 0 Å². The van der Waals surface area contributed by atoms with E-state index in [9.17, 15) is 18.0 Å². The van der Waals surface area contributed by atoms with E-state index in [1.54, 1.807) is 0 Å². The van der Waals surface area contributed by atoms with Gasteiger partial charge in [-0.05, 0) is 24.8 Å². The lowest BCUT2D eigenvalue weighted by molar-refractivity contribution is -0.120. The number of allylic oxidation sites excluding steroid dienone is 2. The predicted molar refractivity (Wildman–Crippen MR) is 51.3 cm³/mol. The van der Waals surface area contributed by atoms with E-state index in [1.165, 1.54) is 0 Å². The van der Waals surface area contributed by atoms with Gasteiger partial charge in [0.25, 0.3) is 0 Å². The van der Waals surface area contributed by atoms with Crippen LogP contribution in [0.1, 0.15) is 25.7 Å². The molecule has 1 rings (SSSR count). The summed E-state index contributed by atoms with van der Waals surface area (Å²) >= 11 is 0. The van der Waals surface area contributed by atoms with Gasteiger partial charge in [0.15, 0.2) is 0 Å². The van der Waals surface area contributed by atoms with Crippen molar-refractivity contribution in [1.82, 2.24) is 0 Å². The maximum Gasteiger partial charge on any atom is 0.416 e. The Balaban J connectivity index is 2.56. The monoisotopic (exact) mass is 218 g/mol. The Morgan fingerprint density at radius 2 is 2.00 bits per heavy atom. The Bertz CT molecular complexity index is 301. The molecule has 0 saturated heterocycles. The third-order valence-corrected chi connectivity index (χ3v) is 2.69. The number of hydrogen-bond donors (Lipinski definition) is 0. The van der Waals surface area contributed by atoms with Crippen LogP contribution in [0.3, 0.4) is 0 Å². The molecule has 0 aromatic rings. The molecule has 0 radical (unpaired) electrons. The number of carbonyl (C=O) groups excluding carboxylic acids is 1. The molecule has 1 unspecified atom stereocenters. The molecule has 1 fully saturated rings. The largest absolute Gasteiger partial charge is 0.416 e. The molecule has 15 heavy (non-hydrogen) atoms. The first-order valence-corrected chi connectivity index (χ1v) is 4.79. The smallest absolute Gasteiger partial charge is 0.299 e. The Morgan fingerprint density at radius 1 is 1.40 bits per heavy atom. The third-order valence-electron chi connectivity index (χ3n) is 2.69. The average Bonchev–Trinajstić information content (AvgIpc) is 2.49. The molecule has 0 aromatic carbocycles. The number of halogens is 3. The predicted octanol–water partition coefficient (Wildman–Crippen LogP) is 3.42. The van der Waals surface area contributed by atoms with Crippen molar-refractivity contribution in [2.24, 2.45) is 5.92 Å². The van der Waals surface area contributed by atoms with E-state index in [-0.39, 0.29) is 23.7 Å². The lowest BCUT2D eigenvalue weighted by atomic mass is 9.94. The van der Waals surface area contributed by atoms with Gasteiger partial charge in [0, 0.05) is 12.3 Å². The summed E-state index contributed by atoms with van der Waals surface area (Å²) in [7, 11) is 0. The fourth-order valence-electron chi connectivity index (χ4n) is 1.72. The first-order chi connectivity index (χ1) is 6.82. The molecule has 4 heteroatoms. The third kappa shape index (κ3) is 2.94. The van der Waals surface area contributed by atoms with Gasteiger partial charge in [0.2, 0.25) is 0 Å². The van der Waals surface area contributed by atoms with Gasteiger partial charge in [-0.1, -0.05) is 13.2 Å². The maximum absolute atomic E-state index is 12.2. The van der Waals surface area contributed by atoms with Gasteiger partial charge in [0.05, 0.1) is 5.57 Å². The Morgan fingerprint density at radius 3 is 2.40 bits per heavy atom. The maximum atomic E-state index is 12.2. The second kappa shape index (κ2) is 4.21. The number of rotatable bonds is 3. The van der Waals surface area contributed by atoms with Crippen LogP contribution in [0, 0.1) is 5.92 Å². The number of Topliss-reactive ketones (excluding diaryl/α,β-unsaturated/α-hetero) is 1. The molecular weight excluding hydrogens is 205 g/mol. The van der Waals surface area contributed by atoms with E-state index in [0.717, 1.165) is 6.42 Å². The summed E-state index contributed by atoms with van der Waals surface area (Å²) < 4.78 is 36.7. The second-order valence-corrected chi connectivity index (χ2v) is 3.84. The number of carbonyl (C=O) groups is 1. The molecule has 0 aliphatic heterocycles. The van der Waals surface area contributed by atoms with Crippen LogP contribution < -0.4 is 0 Å². The van der Waals surface area contributed by atoms with Crippen LogP contribution in [-0.4, -0.2) is 12.0 Å². The fraction of sp³-hybridized carbons (Fsp3) is 0.545. The highest BCUT2D eigenvalue weighted by atomic mass is 19.4. The van der Waals surface area contributed by atoms with Crippen LogP contribution in [0.4, 0.5) is 13.2 Å². The SMILES string of the molecule is C=C(CC1CCCC1=O)C(=C)C(F)(F)F. The van der Waals surface area contributed by atoms with Crippen molar-refractivity contribution in [3.63, 3.8) is 0 Å². The number of alkyl halides is 3. The average molecular weight is 218 g/mol. The van der Waals surface area contributed by atoms with E-state index >= 15 is 0 Å². The van der Waals surface area contributed by atoms with Crippen LogP contribution >= 0.6 is 0 Å². The first kappa shape index (κ1) is 12.0. The summed E-state index contributed by atoms with van der Waals surface area (Å²) in [5, 5.41) is 0. The van der Waals surface area contributed by atoms with Crippen LogP contribution in [0.5, 0.6) is 0 Å². The van der Waals surface area contributed by atoms with Gasteiger partial charge in [-0.15, -0.1) is 0 Å². The van der Waals surface area contributed by atoms with E-state index in [0.29, 0.717) is 12.8 Å². The quantitative estimate of drug-likeness (QED) is 0.663. The lowest BCUT2D eigenvalue weighted by Gasteiger charge is -2.15. The minimum absolute atomic E-state index is 0.0473. The summed E-state index contributed by atoms with van der Waals surface area (Å²) in [6.07, 6.45) is -2.41. The molecular formula is C11H13F3O. The molecule has 0 N–H and O–H groups in total. The van der Waals surface area contributed by atoms with Gasteiger partial charge < -0.3 is 0 Å². The van der Waals surface area contributed by atoms with Crippen LogP contribution in [-0.2, 0) is 4.79 Å². The normalized spacial score (nSPS) is 21.8.